The van der Waals surface area contributed by atoms with E-state index in [1.165, 1.54) is 6.33 Å². The molecule has 1 aliphatic rings. The Balaban J connectivity index is 1.62. The van der Waals surface area contributed by atoms with Crippen LogP contribution in [0.25, 0.3) is 22.0 Å². The number of likely N-dealkylation sites (tertiary alicyclic amines) is 1. The molecule has 0 radical (unpaired) electrons. The molecule has 4 aromatic rings. The van der Waals surface area contributed by atoms with Gasteiger partial charge in [-0.1, -0.05) is 0 Å². The molecule has 0 aliphatic carbocycles. The Morgan fingerprint density at radius 2 is 2.00 bits per heavy atom. The fourth-order valence-electron chi connectivity index (χ4n) is 4.60. The number of aryl methyl sites for hydroxylation is 1. The Morgan fingerprint density at radius 1 is 1.16 bits per heavy atom. The third-order valence-corrected chi connectivity index (χ3v) is 6.86. The minimum absolute atomic E-state index is 0.322. The minimum Gasteiger partial charge on any atom is -0.486 e. The van der Waals surface area contributed by atoms with Gasteiger partial charge in [-0.2, -0.15) is 0 Å². The van der Waals surface area contributed by atoms with Crippen molar-refractivity contribution < 1.29 is 13.9 Å². The lowest BCUT2D eigenvalue weighted by Crippen LogP contribution is -2.45. The number of piperidine rings is 1. The average molecular weight is 524 g/mol. The summed E-state index contributed by atoms with van der Waals surface area (Å²) in [5.41, 5.74) is 3.95. The summed E-state index contributed by atoms with van der Waals surface area (Å²) in [4.78, 5) is 11.8. The van der Waals surface area contributed by atoms with E-state index in [0.29, 0.717) is 41.3 Å². The summed E-state index contributed by atoms with van der Waals surface area (Å²) in [6.07, 6.45) is 2.24. The van der Waals surface area contributed by atoms with Gasteiger partial charge in [0.15, 0.2) is 0 Å². The predicted molar refractivity (Wildman–Crippen MR) is 146 cm³/mol. The van der Waals surface area contributed by atoms with Crippen LogP contribution in [-0.2, 0) is 7.05 Å². The maximum Gasteiger partial charge on any atom is 0.240 e. The van der Waals surface area contributed by atoms with Crippen molar-refractivity contribution in [3.05, 3.63) is 42.9 Å². The molecule has 0 spiro atoms. The Bertz CT molecular complexity index is 1430. The van der Waals surface area contributed by atoms with Crippen molar-refractivity contribution >= 4 is 40.7 Å². The van der Waals surface area contributed by atoms with Gasteiger partial charge in [0.2, 0.25) is 5.88 Å². The molecule has 2 aromatic heterocycles. The summed E-state index contributed by atoms with van der Waals surface area (Å²) >= 11 is 4.56. The van der Waals surface area contributed by atoms with E-state index in [1.807, 2.05) is 62.6 Å². The Labute approximate surface area is 220 Å². The van der Waals surface area contributed by atoms with Crippen molar-refractivity contribution in [3.8, 4) is 22.8 Å². The van der Waals surface area contributed by atoms with Crippen LogP contribution in [0.15, 0.2) is 47.8 Å². The molecule has 194 valence electrons. The van der Waals surface area contributed by atoms with Crippen LogP contribution in [0.5, 0.6) is 11.6 Å². The lowest BCUT2D eigenvalue weighted by Gasteiger charge is -2.32. The largest absolute Gasteiger partial charge is 0.486 e. The molecule has 0 unspecified atom stereocenters. The van der Waals surface area contributed by atoms with Gasteiger partial charge in [-0.05, 0) is 49.4 Å². The molecule has 9 nitrogen and oxygen atoms in total. The number of rotatable bonds is 7. The number of aromatic nitrogens is 4. The number of hydrogen-bond donors (Lipinski definition) is 3. The normalized spacial score (nSPS) is 18.1. The first-order chi connectivity index (χ1) is 17.9. The highest BCUT2D eigenvalue weighted by Crippen LogP contribution is 2.40. The van der Waals surface area contributed by atoms with Crippen LogP contribution in [0.2, 0.25) is 0 Å². The second kappa shape index (κ2) is 10.4. The van der Waals surface area contributed by atoms with Gasteiger partial charge < -0.3 is 25.0 Å². The number of alkyl halides is 1. The lowest BCUT2D eigenvalue weighted by atomic mass is 10.0. The van der Waals surface area contributed by atoms with E-state index >= 15 is 4.39 Å². The third kappa shape index (κ3) is 5.14. The van der Waals surface area contributed by atoms with Crippen LogP contribution >= 0.6 is 12.6 Å². The van der Waals surface area contributed by atoms with E-state index in [2.05, 4.69) is 38.3 Å². The van der Waals surface area contributed by atoms with Crippen LogP contribution in [-0.4, -0.2) is 71.2 Å². The summed E-state index contributed by atoms with van der Waals surface area (Å²) < 4.78 is 28.6. The summed E-state index contributed by atoms with van der Waals surface area (Å²) in [5, 5.41) is 11.5. The molecule has 0 saturated carbocycles. The maximum atomic E-state index is 15.0. The molecular formula is C26H30FN7O2S. The van der Waals surface area contributed by atoms with Crippen molar-refractivity contribution in [2.24, 2.45) is 7.05 Å². The summed E-state index contributed by atoms with van der Waals surface area (Å²) in [6.45, 7) is 1.08. The van der Waals surface area contributed by atoms with Crippen LogP contribution in [0.3, 0.4) is 0 Å². The Hall–Kier alpha value is -3.57. The van der Waals surface area contributed by atoms with Gasteiger partial charge in [-0.25, -0.2) is 14.4 Å². The Kier molecular flexibility index (Phi) is 7.07. The van der Waals surface area contributed by atoms with Gasteiger partial charge in [-0.3, -0.25) is 4.68 Å². The number of halogens is 1. The molecule has 5 rings (SSSR count). The number of methoxy groups -OCH3 is 1. The smallest absolute Gasteiger partial charge is 0.240 e. The van der Waals surface area contributed by atoms with Gasteiger partial charge >= 0.3 is 0 Å². The van der Waals surface area contributed by atoms with Crippen LogP contribution in [0.1, 0.15) is 6.42 Å². The number of nitrogens with zero attached hydrogens (tertiary/aromatic N) is 5. The SMILES string of the molecule is CNc1ccc(Nc2ncnc3cc(-c4cn(C)nc4OC)cc(O[C@@H]4CCN(C)C[C@H]4F)c23)cc1S. The highest BCUT2D eigenvalue weighted by Gasteiger charge is 2.30. The number of anilines is 3. The molecule has 11 heteroatoms. The Morgan fingerprint density at radius 3 is 2.73 bits per heavy atom. The zero-order valence-corrected chi connectivity index (χ0v) is 22.1. The highest BCUT2D eigenvalue weighted by atomic mass is 32.1. The first kappa shape index (κ1) is 25.1. The number of thiol groups is 1. The number of nitrogens with one attached hydrogen (secondary N) is 2. The molecular weight excluding hydrogens is 493 g/mol. The van der Waals surface area contributed by atoms with E-state index in [1.54, 1.807) is 11.8 Å². The van der Waals surface area contributed by atoms with Crippen molar-refractivity contribution in [2.45, 2.75) is 23.6 Å². The standard InChI is InChI=1S/C26H30FN7O2S/c1-28-19-6-5-16(11-23(19)37)31-25-24-20(29-14-30-25)9-15(17-12-34(3)32-26(17)35-4)10-22(24)36-21-7-8-33(2)13-18(21)27/h5-6,9-12,14,18,21,28,37H,7-8,13H2,1-4H3,(H,29,30,31)/t18-,21-/m1/s1. The van der Waals surface area contributed by atoms with Crippen molar-refractivity contribution in [1.82, 2.24) is 24.6 Å². The quantitative estimate of drug-likeness (QED) is 0.305. The molecule has 2 N–H and O–H groups in total. The molecule has 1 fully saturated rings. The van der Waals surface area contributed by atoms with Gasteiger partial charge in [0.1, 0.15) is 30.2 Å². The first-order valence-electron chi connectivity index (χ1n) is 12.0. The molecule has 2 atom stereocenters. The average Bonchev–Trinajstić information content (AvgIpc) is 3.26. The van der Waals surface area contributed by atoms with Crippen molar-refractivity contribution in [3.63, 3.8) is 0 Å². The monoisotopic (exact) mass is 523 g/mol. The number of hydrogen-bond acceptors (Lipinski definition) is 9. The van der Waals surface area contributed by atoms with Crippen molar-refractivity contribution in [2.75, 3.05) is 44.9 Å². The van der Waals surface area contributed by atoms with E-state index in [4.69, 9.17) is 9.47 Å². The number of benzene rings is 2. The van der Waals surface area contributed by atoms with E-state index < -0.39 is 12.3 Å². The molecule has 1 saturated heterocycles. The van der Waals surface area contributed by atoms with Gasteiger partial charge in [-0.15, -0.1) is 17.7 Å². The fraction of sp³-hybridized carbons (Fsp3) is 0.346. The minimum atomic E-state index is -1.12. The molecule has 0 amide bonds. The van der Waals surface area contributed by atoms with Crippen LogP contribution in [0, 0.1) is 0 Å². The van der Waals surface area contributed by atoms with Gasteiger partial charge in [0.05, 0.1) is 23.6 Å². The number of ether oxygens (including phenoxy) is 2. The topological polar surface area (TPSA) is 89.4 Å². The molecule has 37 heavy (non-hydrogen) atoms. The zero-order chi connectivity index (χ0) is 26.1. The predicted octanol–water partition coefficient (Wildman–Crippen LogP) is 4.53. The van der Waals surface area contributed by atoms with Gasteiger partial charge in [0, 0.05) is 49.7 Å². The molecule has 1 aliphatic heterocycles. The fourth-order valence-corrected chi connectivity index (χ4v) is 4.93. The second-order valence-electron chi connectivity index (χ2n) is 9.15. The molecule has 3 heterocycles. The first-order valence-corrected chi connectivity index (χ1v) is 12.4. The van der Waals surface area contributed by atoms with Crippen LogP contribution in [0.4, 0.5) is 21.6 Å². The number of fused-ring (bicyclic) bond motifs is 1. The van der Waals surface area contributed by atoms with Crippen molar-refractivity contribution in [1.29, 1.82) is 0 Å². The zero-order valence-electron chi connectivity index (χ0n) is 21.2. The lowest BCUT2D eigenvalue weighted by molar-refractivity contribution is 0.0323. The summed E-state index contributed by atoms with van der Waals surface area (Å²) in [7, 11) is 7.17. The summed E-state index contributed by atoms with van der Waals surface area (Å²) in [5.74, 6) is 1.53. The molecule has 2 aromatic carbocycles. The third-order valence-electron chi connectivity index (χ3n) is 6.49. The van der Waals surface area contributed by atoms with E-state index in [0.717, 1.165) is 33.9 Å². The second-order valence-corrected chi connectivity index (χ2v) is 9.63. The highest BCUT2D eigenvalue weighted by molar-refractivity contribution is 7.80. The van der Waals surface area contributed by atoms with Crippen LogP contribution < -0.4 is 20.1 Å². The maximum absolute atomic E-state index is 15.0. The van der Waals surface area contributed by atoms with E-state index in [-0.39, 0.29) is 0 Å². The summed E-state index contributed by atoms with van der Waals surface area (Å²) in [6, 6.07) is 9.60. The molecule has 0 bridgehead atoms. The van der Waals surface area contributed by atoms with E-state index in [9.17, 15) is 0 Å². The van der Waals surface area contributed by atoms with Gasteiger partial charge in [0.25, 0.3) is 0 Å².